The zero-order valence-corrected chi connectivity index (χ0v) is 12.7. The number of hydrogen-bond donors (Lipinski definition) is 0. The van der Waals surface area contributed by atoms with Crippen LogP contribution in [-0.4, -0.2) is 43.5 Å². The van der Waals surface area contributed by atoms with Gasteiger partial charge in [-0.1, -0.05) is 0 Å². The molecule has 0 bridgehead atoms. The maximum absolute atomic E-state index is 12.5. The average molecular weight is 307 g/mol. The fourth-order valence-corrected chi connectivity index (χ4v) is 3.21. The van der Waals surface area contributed by atoms with Crippen LogP contribution in [0.5, 0.6) is 0 Å². The van der Waals surface area contributed by atoms with Crippen LogP contribution >= 0.6 is 0 Å². The molecule has 0 aliphatic carbocycles. The molecule has 4 rings (SSSR count). The van der Waals surface area contributed by atoms with E-state index >= 15 is 0 Å². The molecule has 1 amide bonds. The van der Waals surface area contributed by atoms with Crippen LogP contribution in [0.15, 0.2) is 49.1 Å². The Morgan fingerprint density at radius 1 is 1.09 bits per heavy atom. The second-order valence-electron chi connectivity index (χ2n) is 5.78. The topological polar surface area (TPSA) is 63.4 Å². The molecule has 1 saturated heterocycles. The highest BCUT2D eigenvalue weighted by Gasteiger charge is 2.26. The summed E-state index contributed by atoms with van der Waals surface area (Å²) in [6.45, 7) is 1.51. The van der Waals surface area contributed by atoms with Crippen LogP contribution in [-0.2, 0) is 0 Å². The zero-order chi connectivity index (χ0) is 15.6. The van der Waals surface area contributed by atoms with Gasteiger partial charge in [0.15, 0.2) is 5.65 Å². The maximum Gasteiger partial charge on any atom is 0.255 e. The van der Waals surface area contributed by atoms with E-state index in [0.29, 0.717) is 11.5 Å². The lowest BCUT2D eigenvalue weighted by Gasteiger charge is -2.32. The molecule has 0 spiro atoms. The molecule has 3 aromatic rings. The van der Waals surface area contributed by atoms with E-state index in [1.807, 2.05) is 33.8 Å². The lowest BCUT2D eigenvalue weighted by atomic mass is 9.93. The number of pyridine rings is 1. The van der Waals surface area contributed by atoms with Crippen LogP contribution in [0.25, 0.3) is 5.65 Å². The third-order valence-corrected chi connectivity index (χ3v) is 4.43. The highest BCUT2D eigenvalue weighted by atomic mass is 16.2. The van der Waals surface area contributed by atoms with Crippen molar-refractivity contribution in [2.75, 3.05) is 13.1 Å². The molecule has 1 aliphatic heterocycles. The number of rotatable bonds is 2. The summed E-state index contributed by atoms with van der Waals surface area (Å²) in [5, 5.41) is 4.36. The van der Waals surface area contributed by atoms with Gasteiger partial charge in [0.2, 0.25) is 0 Å². The molecule has 6 nitrogen and oxygen atoms in total. The Labute approximate surface area is 133 Å². The van der Waals surface area contributed by atoms with Gasteiger partial charge in [-0.25, -0.2) is 9.50 Å². The van der Waals surface area contributed by atoms with Gasteiger partial charge in [0.05, 0.1) is 11.8 Å². The minimum absolute atomic E-state index is 0.0653. The molecule has 4 heterocycles. The molecule has 0 radical (unpaired) electrons. The summed E-state index contributed by atoms with van der Waals surface area (Å²) in [5.74, 6) is 0.467. The Bertz CT molecular complexity index is 821. The van der Waals surface area contributed by atoms with Crippen LogP contribution in [0.1, 0.15) is 34.8 Å². The van der Waals surface area contributed by atoms with Gasteiger partial charge in [0.25, 0.3) is 5.91 Å². The van der Waals surface area contributed by atoms with Crippen molar-refractivity contribution in [3.63, 3.8) is 0 Å². The highest BCUT2D eigenvalue weighted by Crippen LogP contribution is 2.28. The van der Waals surface area contributed by atoms with Gasteiger partial charge in [-0.05, 0) is 31.0 Å². The van der Waals surface area contributed by atoms with Crippen molar-refractivity contribution in [3.05, 3.63) is 60.3 Å². The van der Waals surface area contributed by atoms with E-state index in [2.05, 4.69) is 15.1 Å². The SMILES string of the molecule is O=C(c1cccnc1)N1CCC(c2ccnc3ccnn23)CC1. The van der Waals surface area contributed by atoms with Crippen LogP contribution in [0.4, 0.5) is 0 Å². The predicted octanol–water partition coefficient (Wildman–Crippen LogP) is 2.14. The predicted molar refractivity (Wildman–Crippen MR) is 85.1 cm³/mol. The molecule has 0 unspecified atom stereocenters. The molecule has 1 aliphatic rings. The van der Waals surface area contributed by atoms with Crippen molar-refractivity contribution >= 4 is 11.6 Å². The molecule has 116 valence electrons. The Morgan fingerprint density at radius 3 is 2.74 bits per heavy atom. The van der Waals surface area contributed by atoms with Gasteiger partial charge in [-0.2, -0.15) is 5.10 Å². The fourth-order valence-electron chi connectivity index (χ4n) is 3.21. The molecular formula is C17H17N5O. The van der Waals surface area contributed by atoms with E-state index in [1.165, 1.54) is 5.69 Å². The van der Waals surface area contributed by atoms with Gasteiger partial charge in [0, 0.05) is 49.4 Å². The number of nitrogens with zero attached hydrogens (tertiary/aromatic N) is 5. The quantitative estimate of drug-likeness (QED) is 0.727. The third kappa shape index (κ3) is 2.56. The average Bonchev–Trinajstić information content (AvgIpc) is 3.11. The molecule has 0 atom stereocenters. The zero-order valence-electron chi connectivity index (χ0n) is 12.7. The van der Waals surface area contributed by atoms with E-state index in [0.717, 1.165) is 31.6 Å². The second kappa shape index (κ2) is 5.79. The summed E-state index contributed by atoms with van der Waals surface area (Å²) in [7, 11) is 0. The minimum Gasteiger partial charge on any atom is -0.339 e. The number of amides is 1. The molecule has 0 N–H and O–H groups in total. The smallest absolute Gasteiger partial charge is 0.255 e. The first-order valence-electron chi connectivity index (χ1n) is 7.81. The summed E-state index contributed by atoms with van der Waals surface area (Å²) in [6.07, 6.45) is 8.79. The number of carbonyl (C=O) groups is 1. The fraction of sp³-hybridized carbons (Fsp3) is 0.294. The number of aromatic nitrogens is 4. The molecule has 0 aromatic carbocycles. The van der Waals surface area contributed by atoms with Gasteiger partial charge >= 0.3 is 0 Å². The van der Waals surface area contributed by atoms with Crippen molar-refractivity contribution in [2.45, 2.75) is 18.8 Å². The third-order valence-electron chi connectivity index (χ3n) is 4.43. The van der Waals surface area contributed by atoms with Crippen LogP contribution in [0.3, 0.4) is 0 Å². The molecule has 0 saturated carbocycles. The summed E-state index contributed by atoms with van der Waals surface area (Å²) in [4.78, 5) is 22.7. The number of piperidine rings is 1. The highest BCUT2D eigenvalue weighted by molar-refractivity contribution is 5.93. The van der Waals surface area contributed by atoms with Crippen molar-refractivity contribution in [2.24, 2.45) is 0 Å². The Hall–Kier alpha value is -2.76. The lowest BCUT2D eigenvalue weighted by molar-refractivity contribution is 0.0711. The lowest BCUT2D eigenvalue weighted by Crippen LogP contribution is -2.38. The van der Waals surface area contributed by atoms with Crippen molar-refractivity contribution in [1.82, 2.24) is 24.5 Å². The Balaban J connectivity index is 1.49. The standard InChI is InChI=1S/C17H17N5O/c23-17(14-2-1-7-18-12-14)21-10-5-13(6-11-21)15-3-8-19-16-4-9-20-22(15)16/h1-4,7-9,12-13H,5-6,10-11H2. The first kappa shape index (κ1) is 13.9. The Kier molecular flexibility index (Phi) is 3.49. The first-order valence-corrected chi connectivity index (χ1v) is 7.81. The number of carbonyl (C=O) groups excluding carboxylic acids is 1. The summed E-state index contributed by atoms with van der Waals surface area (Å²) < 4.78 is 1.91. The van der Waals surface area contributed by atoms with Crippen LogP contribution in [0, 0.1) is 0 Å². The minimum atomic E-state index is 0.0653. The van der Waals surface area contributed by atoms with E-state index in [9.17, 15) is 4.79 Å². The Morgan fingerprint density at radius 2 is 1.96 bits per heavy atom. The summed E-state index contributed by atoms with van der Waals surface area (Å²) in [6, 6.07) is 7.55. The van der Waals surface area contributed by atoms with E-state index in [4.69, 9.17) is 0 Å². The van der Waals surface area contributed by atoms with Gasteiger partial charge in [0.1, 0.15) is 0 Å². The maximum atomic E-state index is 12.5. The number of fused-ring (bicyclic) bond motifs is 1. The molecular weight excluding hydrogens is 290 g/mol. The summed E-state index contributed by atoms with van der Waals surface area (Å²) in [5.41, 5.74) is 2.70. The molecule has 3 aromatic heterocycles. The second-order valence-corrected chi connectivity index (χ2v) is 5.78. The van der Waals surface area contributed by atoms with E-state index < -0.39 is 0 Å². The molecule has 6 heteroatoms. The number of likely N-dealkylation sites (tertiary alicyclic amines) is 1. The van der Waals surface area contributed by atoms with Gasteiger partial charge in [-0.3, -0.25) is 9.78 Å². The van der Waals surface area contributed by atoms with Gasteiger partial charge in [-0.15, -0.1) is 0 Å². The van der Waals surface area contributed by atoms with Crippen LogP contribution in [0.2, 0.25) is 0 Å². The summed E-state index contributed by atoms with van der Waals surface area (Å²) >= 11 is 0. The van der Waals surface area contributed by atoms with Gasteiger partial charge < -0.3 is 4.90 Å². The number of hydrogen-bond acceptors (Lipinski definition) is 4. The van der Waals surface area contributed by atoms with E-state index in [1.54, 1.807) is 24.7 Å². The largest absolute Gasteiger partial charge is 0.339 e. The van der Waals surface area contributed by atoms with Crippen molar-refractivity contribution in [3.8, 4) is 0 Å². The normalized spacial score (nSPS) is 15.9. The monoisotopic (exact) mass is 307 g/mol. The van der Waals surface area contributed by atoms with Crippen LogP contribution < -0.4 is 0 Å². The van der Waals surface area contributed by atoms with Crippen molar-refractivity contribution in [1.29, 1.82) is 0 Å². The van der Waals surface area contributed by atoms with E-state index in [-0.39, 0.29) is 5.91 Å². The molecule has 1 fully saturated rings. The molecule has 23 heavy (non-hydrogen) atoms. The first-order chi connectivity index (χ1) is 11.3. The van der Waals surface area contributed by atoms with Crippen molar-refractivity contribution < 1.29 is 4.79 Å².